The third-order valence-corrected chi connectivity index (χ3v) is 6.61. The number of imidazole rings is 1. The Balaban J connectivity index is 1.53. The first kappa shape index (κ1) is 25.4. The molecule has 0 radical (unpaired) electrons. The molecule has 2 aromatic heterocycles. The number of hydrogen-bond donors (Lipinski definition) is 5. The maximum atomic E-state index is 11.4. The monoisotopic (exact) mass is 510 g/mol. The third-order valence-electron chi connectivity index (χ3n) is 5.68. The van der Waals surface area contributed by atoms with Crippen molar-refractivity contribution in [3.05, 3.63) is 66.5 Å². The van der Waals surface area contributed by atoms with Gasteiger partial charge in [0.25, 0.3) is 0 Å². The Morgan fingerprint density at radius 3 is 2.47 bits per heavy atom. The summed E-state index contributed by atoms with van der Waals surface area (Å²) in [6.07, 6.45) is 2.43. The summed E-state index contributed by atoms with van der Waals surface area (Å²) in [6.45, 7) is 3.63. The largest absolute Gasteiger partial charge is 0.394 e. The first-order chi connectivity index (χ1) is 17.4. The molecular weight excluding hydrogens is 480 g/mol. The minimum atomic E-state index is -3.73. The highest BCUT2D eigenvalue weighted by Crippen LogP contribution is 2.22. The standard InChI is InChI=1S/C24H30N8O3S/c1-2-18(15-33)29-24-30-22(27-14-17-6-4-3-5-7-17)21-23(31-24)32(16-28-21)13-12-26-19-8-10-20(11-9-19)36(25,34)35/h3-11,16,18,26,33H,2,12-15H2,1H3,(H2,25,34,35)(H2,27,29,30,31)/t18-/m1/s1. The van der Waals surface area contributed by atoms with E-state index in [1.54, 1.807) is 18.5 Å². The van der Waals surface area contributed by atoms with E-state index in [9.17, 15) is 13.5 Å². The Morgan fingerprint density at radius 1 is 1.06 bits per heavy atom. The van der Waals surface area contributed by atoms with Crippen LogP contribution in [0.5, 0.6) is 0 Å². The van der Waals surface area contributed by atoms with Crippen molar-refractivity contribution in [1.29, 1.82) is 0 Å². The zero-order valence-corrected chi connectivity index (χ0v) is 20.7. The second kappa shape index (κ2) is 11.3. The van der Waals surface area contributed by atoms with Crippen molar-refractivity contribution in [1.82, 2.24) is 19.5 Å². The molecule has 4 rings (SSSR count). The Morgan fingerprint density at radius 2 is 1.81 bits per heavy atom. The molecule has 0 bridgehead atoms. The normalized spacial score (nSPS) is 12.4. The summed E-state index contributed by atoms with van der Waals surface area (Å²) >= 11 is 0. The second-order valence-corrected chi connectivity index (χ2v) is 9.83. The van der Waals surface area contributed by atoms with Crippen molar-refractivity contribution in [3.63, 3.8) is 0 Å². The van der Waals surface area contributed by atoms with E-state index in [1.807, 2.05) is 41.8 Å². The van der Waals surface area contributed by atoms with E-state index in [4.69, 9.17) is 5.14 Å². The number of aromatic nitrogens is 4. The average molecular weight is 511 g/mol. The second-order valence-electron chi connectivity index (χ2n) is 8.27. The van der Waals surface area contributed by atoms with Crippen molar-refractivity contribution in [2.75, 3.05) is 29.1 Å². The van der Waals surface area contributed by atoms with Crippen LogP contribution in [0.4, 0.5) is 17.5 Å². The van der Waals surface area contributed by atoms with Gasteiger partial charge >= 0.3 is 0 Å². The highest BCUT2D eigenvalue weighted by molar-refractivity contribution is 7.89. The maximum absolute atomic E-state index is 11.4. The van der Waals surface area contributed by atoms with E-state index in [2.05, 4.69) is 30.9 Å². The molecule has 1 atom stereocenters. The third kappa shape index (κ3) is 6.27. The quantitative estimate of drug-likeness (QED) is 0.193. The van der Waals surface area contributed by atoms with Gasteiger partial charge in [0.1, 0.15) is 0 Å². The number of aliphatic hydroxyl groups is 1. The highest BCUT2D eigenvalue weighted by Gasteiger charge is 2.15. The number of anilines is 3. The van der Waals surface area contributed by atoms with Crippen molar-refractivity contribution in [2.24, 2.45) is 5.14 Å². The fourth-order valence-electron chi connectivity index (χ4n) is 3.62. The predicted octanol–water partition coefficient (Wildman–Crippen LogP) is 2.38. The summed E-state index contributed by atoms with van der Waals surface area (Å²) in [5, 5.41) is 24.6. The van der Waals surface area contributed by atoms with Crippen LogP contribution in [0.2, 0.25) is 0 Å². The van der Waals surface area contributed by atoms with E-state index < -0.39 is 10.0 Å². The lowest BCUT2D eigenvalue weighted by atomic mass is 10.2. The van der Waals surface area contributed by atoms with Gasteiger partial charge in [0.05, 0.1) is 23.9 Å². The van der Waals surface area contributed by atoms with Gasteiger partial charge in [0.2, 0.25) is 16.0 Å². The number of sulfonamides is 1. The Bertz CT molecular complexity index is 1390. The fourth-order valence-corrected chi connectivity index (χ4v) is 4.14. The van der Waals surface area contributed by atoms with Crippen LogP contribution in [0.1, 0.15) is 18.9 Å². The van der Waals surface area contributed by atoms with Crippen LogP contribution in [-0.2, 0) is 23.1 Å². The van der Waals surface area contributed by atoms with Gasteiger partial charge in [-0.3, -0.25) is 0 Å². The molecule has 0 saturated carbocycles. The molecule has 0 aliphatic rings. The topological polar surface area (TPSA) is 160 Å². The van der Waals surface area contributed by atoms with E-state index in [0.717, 1.165) is 17.7 Å². The van der Waals surface area contributed by atoms with E-state index in [1.165, 1.54) is 12.1 Å². The van der Waals surface area contributed by atoms with Crippen LogP contribution in [0.3, 0.4) is 0 Å². The van der Waals surface area contributed by atoms with E-state index >= 15 is 0 Å². The van der Waals surface area contributed by atoms with Gasteiger partial charge in [-0.15, -0.1) is 0 Å². The van der Waals surface area contributed by atoms with Crippen LogP contribution in [0.15, 0.2) is 65.8 Å². The lowest BCUT2D eigenvalue weighted by molar-refractivity contribution is 0.271. The average Bonchev–Trinajstić information content (AvgIpc) is 3.29. The molecular formula is C24H30N8O3S. The molecule has 0 aliphatic carbocycles. The van der Waals surface area contributed by atoms with Crippen LogP contribution >= 0.6 is 0 Å². The number of nitrogens with two attached hydrogens (primary N) is 1. The minimum Gasteiger partial charge on any atom is -0.394 e. The summed E-state index contributed by atoms with van der Waals surface area (Å²) < 4.78 is 24.8. The Hall–Kier alpha value is -3.74. The molecule has 36 heavy (non-hydrogen) atoms. The lowest BCUT2D eigenvalue weighted by Crippen LogP contribution is -2.24. The van der Waals surface area contributed by atoms with Crippen molar-refractivity contribution < 1.29 is 13.5 Å². The van der Waals surface area contributed by atoms with Gasteiger partial charge in [-0.1, -0.05) is 37.3 Å². The zero-order valence-electron chi connectivity index (χ0n) is 19.9. The number of aliphatic hydroxyl groups excluding tert-OH is 1. The maximum Gasteiger partial charge on any atom is 0.238 e. The van der Waals surface area contributed by atoms with Gasteiger partial charge in [-0.25, -0.2) is 18.5 Å². The number of benzene rings is 2. The molecule has 2 heterocycles. The molecule has 0 unspecified atom stereocenters. The minimum absolute atomic E-state index is 0.0297. The SMILES string of the molecule is CC[C@H](CO)Nc1nc(NCc2ccccc2)c2ncn(CCNc3ccc(S(N)(=O)=O)cc3)c2n1. The summed E-state index contributed by atoms with van der Waals surface area (Å²) in [7, 11) is -3.73. The highest BCUT2D eigenvalue weighted by atomic mass is 32.2. The summed E-state index contributed by atoms with van der Waals surface area (Å²) in [4.78, 5) is 13.9. The van der Waals surface area contributed by atoms with E-state index in [-0.39, 0.29) is 17.5 Å². The van der Waals surface area contributed by atoms with Crippen LogP contribution < -0.4 is 21.1 Å². The molecule has 190 valence electrons. The number of nitrogens with one attached hydrogen (secondary N) is 3. The van der Waals surface area contributed by atoms with Crippen molar-refractivity contribution >= 4 is 38.6 Å². The molecule has 0 fully saturated rings. The first-order valence-corrected chi connectivity index (χ1v) is 13.2. The van der Waals surface area contributed by atoms with Gasteiger partial charge in [-0.2, -0.15) is 9.97 Å². The molecule has 2 aromatic carbocycles. The molecule has 11 nitrogen and oxygen atoms in total. The summed E-state index contributed by atoms with van der Waals surface area (Å²) in [6, 6.07) is 16.1. The van der Waals surface area contributed by atoms with Crippen LogP contribution in [0.25, 0.3) is 11.2 Å². The number of fused-ring (bicyclic) bond motifs is 1. The predicted molar refractivity (Wildman–Crippen MR) is 140 cm³/mol. The number of nitrogens with zero attached hydrogens (tertiary/aromatic N) is 4. The van der Waals surface area contributed by atoms with Crippen molar-refractivity contribution in [2.45, 2.75) is 37.4 Å². The molecule has 0 aliphatic heterocycles. The van der Waals surface area contributed by atoms with Crippen molar-refractivity contribution in [3.8, 4) is 0 Å². The van der Waals surface area contributed by atoms with Gasteiger partial charge < -0.3 is 25.6 Å². The Kier molecular flexibility index (Phi) is 7.98. The van der Waals surface area contributed by atoms with Gasteiger partial charge in [-0.05, 0) is 36.2 Å². The summed E-state index contributed by atoms with van der Waals surface area (Å²) in [5.41, 5.74) is 3.17. The molecule has 12 heteroatoms. The number of rotatable bonds is 12. The number of hydrogen-bond acceptors (Lipinski definition) is 9. The Labute approximate surface area is 209 Å². The molecule has 4 aromatic rings. The molecule has 0 amide bonds. The molecule has 6 N–H and O–H groups in total. The molecule has 0 spiro atoms. The smallest absolute Gasteiger partial charge is 0.238 e. The van der Waals surface area contributed by atoms with Gasteiger partial charge in [0.15, 0.2) is 17.0 Å². The molecule has 0 saturated heterocycles. The first-order valence-electron chi connectivity index (χ1n) is 11.6. The fraction of sp³-hybridized carbons (Fsp3) is 0.292. The van der Waals surface area contributed by atoms with Gasteiger partial charge in [0, 0.05) is 25.3 Å². The number of primary sulfonamides is 1. The zero-order chi connectivity index (χ0) is 25.5. The lowest BCUT2D eigenvalue weighted by Gasteiger charge is -2.16. The van der Waals surface area contributed by atoms with E-state index in [0.29, 0.717) is 42.6 Å². The van der Waals surface area contributed by atoms with Crippen LogP contribution in [0, 0.1) is 0 Å². The van der Waals surface area contributed by atoms with Crippen LogP contribution in [-0.4, -0.2) is 52.2 Å². The summed E-state index contributed by atoms with van der Waals surface area (Å²) in [5.74, 6) is 1.01.